The molecule has 3 heterocycles. The summed E-state index contributed by atoms with van der Waals surface area (Å²) in [6, 6.07) is 14.5. The lowest BCUT2D eigenvalue weighted by molar-refractivity contribution is 0.188. The number of nitrogens with zero attached hydrogens (tertiary/aromatic N) is 1. The Morgan fingerprint density at radius 2 is 2.00 bits per heavy atom. The average molecular weight is 298 g/mol. The first-order valence-corrected chi connectivity index (χ1v) is 8.91. The van der Waals surface area contributed by atoms with E-state index in [1.54, 1.807) is 0 Å². The predicted molar refractivity (Wildman–Crippen MR) is 91.0 cm³/mol. The second-order valence-corrected chi connectivity index (χ2v) is 7.17. The van der Waals surface area contributed by atoms with E-state index in [1.807, 2.05) is 11.3 Å². The van der Waals surface area contributed by atoms with Gasteiger partial charge in [0.05, 0.1) is 0 Å². The van der Waals surface area contributed by atoms with E-state index < -0.39 is 0 Å². The van der Waals surface area contributed by atoms with E-state index in [1.165, 1.54) is 54.9 Å². The molecule has 4 rings (SSSR count). The van der Waals surface area contributed by atoms with Crippen LogP contribution in [-0.4, -0.2) is 30.1 Å². The zero-order chi connectivity index (χ0) is 14.1. The Labute approximate surface area is 130 Å². The minimum atomic E-state index is 0.630. The topological polar surface area (TPSA) is 15.3 Å². The normalized spacial score (nSPS) is 25.7. The molecule has 2 aliphatic rings. The van der Waals surface area contributed by atoms with Crippen LogP contribution in [0.5, 0.6) is 0 Å². The Kier molecular flexibility index (Phi) is 3.70. The highest BCUT2D eigenvalue weighted by Crippen LogP contribution is 2.34. The molecule has 2 aliphatic heterocycles. The molecule has 0 aliphatic carbocycles. The van der Waals surface area contributed by atoms with Crippen LogP contribution in [0.25, 0.3) is 10.4 Å². The number of thiophene rings is 1. The van der Waals surface area contributed by atoms with Gasteiger partial charge in [0.25, 0.3) is 0 Å². The number of hydrogen-bond donors (Lipinski definition) is 1. The maximum absolute atomic E-state index is 3.83. The van der Waals surface area contributed by atoms with Crippen LogP contribution in [0.4, 0.5) is 5.69 Å². The number of hydrogen-bond acceptors (Lipinski definition) is 3. The van der Waals surface area contributed by atoms with Crippen molar-refractivity contribution < 1.29 is 0 Å². The van der Waals surface area contributed by atoms with E-state index in [-0.39, 0.29) is 0 Å². The molecule has 0 bridgehead atoms. The van der Waals surface area contributed by atoms with Crippen molar-refractivity contribution in [3.8, 4) is 10.4 Å². The molecule has 3 heteroatoms. The quantitative estimate of drug-likeness (QED) is 0.900. The van der Waals surface area contributed by atoms with Crippen molar-refractivity contribution in [1.29, 1.82) is 0 Å². The number of anilines is 1. The van der Waals surface area contributed by atoms with E-state index >= 15 is 0 Å². The van der Waals surface area contributed by atoms with Crippen molar-refractivity contribution in [1.82, 2.24) is 4.90 Å². The number of piperidine rings is 1. The van der Waals surface area contributed by atoms with Gasteiger partial charge in [-0.15, -0.1) is 11.3 Å². The summed E-state index contributed by atoms with van der Waals surface area (Å²) in [4.78, 5) is 4.04. The fraction of sp³-hybridized carbons (Fsp3) is 0.444. The van der Waals surface area contributed by atoms with Gasteiger partial charge in [-0.05, 0) is 49.7 Å². The van der Waals surface area contributed by atoms with Gasteiger partial charge in [0.1, 0.15) is 0 Å². The van der Waals surface area contributed by atoms with Gasteiger partial charge in [-0.2, -0.15) is 0 Å². The Bertz CT molecular complexity index is 593. The molecule has 2 fully saturated rings. The molecule has 0 radical (unpaired) electrons. The van der Waals surface area contributed by atoms with Gasteiger partial charge in [0.15, 0.2) is 0 Å². The second kappa shape index (κ2) is 5.82. The van der Waals surface area contributed by atoms with Crippen molar-refractivity contribution in [2.75, 3.05) is 18.4 Å². The number of rotatable bonds is 3. The van der Waals surface area contributed by atoms with Crippen LogP contribution in [0.3, 0.4) is 0 Å². The maximum Gasteiger partial charge on any atom is 0.0430 e. The third kappa shape index (κ3) is 2.72. The molecule has 1 N–H and O–H groups in total. The minimum absolute atomic E-state index is 0.630. The van der Waals surface area contributed by atoms with E-state index in [2.05, 4.69) is 52.0 Å². The van der Waals surface area contributed by atoms with E-state index in [9.17, 15) is 0 Å². The zero-order valence-electron chi connectivity index (χ0n) is 12.3. The summed E-state index contributed by atoms with van der Waals surface area (Å²) in [6.07, 6.45) is 5.36. The molecule has 2 nitrogen and oxygen atoms in total. The monoisotopic (exact) mass is 298 g/mol. The molecular formula is C18H22N2S. The number of fused-ring (bicyclic) bond motifs is 1. The van der Waals surface area contributed by atoms with Gasteiger partial charge >= 0.3 is 0 Å². The van der Waals surface area contributed by atoms with Crippen molar-refractivity contribution in [3.05, 3.63) is 41.8 Å². The summed E-state index contributed by atoms with van der Waals surface area (Å²) in [5, 5.41) is 5.99. The average Bonchev–Trinajstić information content (AvgIpc) is 3.19. The number of para-hydroxylation sites is 1. The highest BCUT2D eigenvalue weighted by molar-refractivity contribution is 7.13. The molecule has 0 spiro atoms. The lowest BCUT2D eigenvalue weighted by Crippen LogP contribution is -2.42. The first kappa shape index (κ1) is 13.4. The predicted octanol–water partition coefficient (Wildman–Crippen LogP) is 4.45. The van der Waals surface area contributed by atoms with Gasteiger partial charge in [0.2, 0.25) is 0 Å². The summed E-state index contributed by atoms with van der Waals surface area (Å²) in [7, 11) is 0. The van der Waals surface area contributed by atoms with Gasteiger partial charge in [0, 0.05) is 34.8 Å². The maximum atomic E-state index is 3.83. The van der Waals surface area contributed by atoms with Crippen LogP contribution in [0.1, 0.15) is 25.7 Å². The first-order chi connectivity index (χ1) is 10.4. The fourth-order valence-corrected chi connectivity index (χ4v) is 4.60. The molecule has 2 aromatic rings. The van der Waals surface area contributed by atoms with E-state index in [0.717, 1.165) is 6.04 Å². The lowest BCUT2D eigenvalue weighted by Gasteiger charge is -2.35. The standard InChI is InChI=1S/C18H22N2S/c1-2-7-17(16(6-1)18-8-4-12-21-18)19-14-9-11-20-10-3-5-15(20)13-14/h1-2,4,6-8,12,14-15,19H,3,5,9-11,13H2. The fourth-order valence-electron chi connectivity index (χ4n) is 3.83. The highest BCUT2D eigenvalue weighted by atomic mass is 32.1. The molecule has 0 saturated carbocycles. The van der Waals surface area contributed by atoms with Gasteiger partial charge in [-0.1, -0.05) is 24.3 Å². The largest absolute Gasteiger partial charge is 0.382 e. The van der Waals surface area contributed by atoms with Crippen molar-refractivity contribution in [2.45, 2.75) is 37.8 Å². The molecule has 1 aromatic carbocycles. The van der Waals surface area contributed by atoms with Gasteiger partial charge in [-0.25, -0.2) is 0 Å². The summed E-state index contributed by atoms with van der Waals surface area (Å²) < 4.78 is 0. The Balaban J connectivity index is 1.52. The van der Waals surface area contributed by atoms with Crippen molar-refractivity contribution in [2.24, 2.45) is 0 Å². The summed E-state index contributed by atoms with van der Waals surface area (Å²) in [6.45, 7) is 2.59. The molecule has 2 saturated heterocycles. The number of benzene rings is 1. The Morgan fingerprint density at radius 3 is 2.90 bits per heavy atom. The molecule has 21 heavy (non-hydrogen) atoms. The van der Waals surface area contributed by atoms with E-state index in [0.29, 0.717) is 6.04 Å². The van der Waals surface area contributed by atoms with Crippen molar-refractivity contribution in [3.63, 3.8) is 0 Å². The van der Waals surface area contributed by atoms with Crippen LogP contribution < -0.4 is 5.32 Å². The summed E-state index contributed by atoms with van der Waals surface area (Å²) in [5.41, 5.74) is 2.65. The van der Waals surface area contributed by atoms with E-state index in [4.69, 9.17) is 0 Å². The minimum Gasteiger partial charge on any atom is -0.382 e. The SMILES string of the molecule is c1csc(-c2ccccc2NC2CCN3CCCC3C2)c1. The van der Waals surface area contributed by atoms with Crippen LogP contribution in [0.15, 0.2) is 41.8 Å². The van der Waals surface area contributed by atoms with Crippen LogP contribution in [0, 0.1) is 0 Å². The van der Waals surface area contributed by atoms with Gasteiger partial charge < -0.3 is 10.2 Å². The Morgan fingerprint density at radius 1 is 1.05 bits per heavy atom. The highest BCUT2D eigenvalue weighted by Gasteiger charge is 2.31. The molecule has 0 amide bonds. The Hall–Kier alpha value is -1.32. The second-order valence-electron chi connectivity index (χ2n) is 6.22. The molecular weight excluding hydrogens is 276 g/mol. The smallest absolute Gasteiger partial charge is 0.0430 e. The van der Waals surface area contributed by atoms with Gasteiger partial charge in [-0.3, -0.25) is 0 Å². The lowest BCUT2D eigenvalue weighted by atomic mass is 9.97. The summed E-state index contributed by atoms with van der Waals surface area (Å²) in [5.74, 6) is 0. The molecule has 110 valence electrons. The molecule has 2 unspecified atom stereocenters. The summed E-state index contributed by atoms with van der Waals surface area (Å²) >= 11 is 1.82. The first-order valence-electron chi connectivity index (χ1n) is 8.03. The number of nitrogens with one attached hydrogen (secondary N) is 1. The van der Waals surface area contributed by atoms with Crippen LogP contribution in [-0.2, 0) is 0 Å². The van der Waals surface area contributed by atoms with Crippen molar-refractivity contribution >= 4 is 17.0 Å². The van der Waals surface area contributed by atoms with Crippen LogP contribution >= 0.6 is 11.3 Å². The third-order valence-electron chi connectivity index (χ3n) is 4.89. The molecule has 2 atom stereocenters. The zero-order valence-corrected chi connectivity index (χ0v) is 13.1. The van der Waals surface area contributed by atoms with Crippen LogP contribution in [0.2, 0.25) is 0 Å². The molecule has 1 aromatic heterocycles. The third-order valence-corrected chi connectivity index (χ3v) is 5.80.